The first-order chi connectivity index (χ1) is 7.61. The lowest BCUT2D eigenvalue weighted by atomic mass is 9.93. The summed E-state index contributed by atoms with van der Waals surface area (Å²) in [6, 6.07) is 10.4. The van der Waals surface area contributed by atoms with Crippen LogP contribution < -0.4 is 5.73 Å². The van der Waals surface area contributed by atoms with Crippen LogP contribution in [-0.2, 0) is 4.74 Å². The van der Waals surface area contributed by atoms with Crippen LogP contribution in [0.1, 0.15) is 38.8 Å². The van der Waals surface area contributed by atoms with Crippen molar-refractivity contribution in [3.8, 4) is 0 Å². The zero-order chi connectivity index (χ0) is 12.0. The first-order valence-electron chi connectivity index (χ1n) is 6.03. The third-order valence-corrected chi connectivity index (χ3v) is 2.82. The van der Waals surface area contributed by atoms with Gasteiger partial charge in [0, 0.05) is 12.6 Å². The van der Waals surface area contributed by atoms with Gasteiger partial charge in [-0.2, -0.15) is 0 Å². The van der Waals surface area contributed by atoms with Crippen LogP contribution in [0.3, 0.4) is 0 Å². The highest BCUT2D eigenvalue weighted by atomic mass is 16.5. The van der Waals surface area contributed by atoms with Crippen molar-refractivity contribution in [1.82, 2.24) is 0 Å². The Balaban J connectivity index is 2.39. The van der Waals surface area contributed by atoms with Crippen LogP contribution in [0.25, 0.3) is 0 Å². The molecule has 1 aromatic rings. The van der Waals surface area contributed by atoms with Gasteiger partial charge in [-0.25, -0.2) is 0 Å². The normalized spacial score (nSPS) is 15.1. The van der Waals surface area contributed by atoms with Gasteiger partial charge in [-0.15, -0.1) is 0 Å². The van der Waals surface area contributed by atoms with Gasteiger partial charge in [0.25, 0.3) is 0 Å². The van der Waals surface area contributed by atoms with E-state index in [0.29, 0.717) is 12.0 Å². The van der Waals surface area contributed by atoms with Gasteiger partial charge >= 0.3 is 0 Å². The Labute approximate surface area is 98.8 Å². The molecule has 0 aliphatic carbocycles. The van der Waals surface area contributed by atoms with Crippen LogP contribution >= 0.6 is 0 Å². The lowest BCUT2D eigenvalue weighted by Crippen LogP contribution is -2.21. The number of hydrogen-bond donors (Lipinski definition) is 1. The van der Waals surface area contributed by atoms with Gasteiger partial charge in [-0.3, -0.25) is 0 Å². The Morgan fingerprint density at radius 2 is 1.75 bits per heavy atom. The maximum atomic E-state index is 6.20. The largest absolute Gasteiger partial charge is 0.379 e. The molecule has 0 amide bonds. The van der Waals surface area contributed by atoms with Gasteiger partial charge in [-0.05, 0) is 31.7 Å². The summed E-state index contributed by atoms with van der Waals surface area (Å²) >= 11 is 0. The molecule has 0 bridgehead atoms. The summed E-state index contributed by atoms with van der Waals surface area (Å²) < 4.78 is 5.54. The van der Waals surface area contributed by atoms with Gasteiger partial charge in [0.05, 0.1) is 6.10 Å². The Morgan fingerprint density at radius 1 is 1.12 bits per heavy atom. The highest BCUT2D eigenvalue weighted by Crippen LogP contribution is 2.21. The van der Waals surface area contributed by atoms with Gasteiger partial charge in [0.15, 0.2) is 0 Å². The van der Waals surface area contributed by atoms with Crippen LogP contribution in [0.5, 0.6) is 0 Å². The minimum atomic E-state index is 0.108. The SMILES string of the molecule is CC(C)OCCC(C)C(N)c1ccccc1. The summed E-state index contributed by atoms with van der Waals surface area (Å²) in [6.07, 6.45) is 1.31. The molecule has 2 unspecified atom stereocenters. The van der Waals surface area contributed by atoms with E-state index in [0.717, 1.165) is 13.0 Å². The first kappa shape index (κ1) is 13.2. The maximum absolute atomic E-state index is 6.20. The van der Waals surface area contributed by atoms with Gasteiger partial charge < -0.3 is 10.5 Å². The topological polar surface area (TPSA) is 35.2 Å². The van der Waals surface area contributed by atoms with Crippen molar-refractivity contribution in [3.63, 3.8) is 0 Å². The zero-order valence-corrected chi connectivity index (χ0v) is 10.5. The lowest BCUT2D eigenvalue weighted by Gasteiger charge is -2.20. The van der Waals surface area contributed by atoms with E-state index in [1.54, 1.807) is 0 Å². The lowest BCUT2D eigenvalue weighted by molar-refractivity contribution is 0.0676. The van der Waals surface area contributed by atoms with Gasteiger partial charge in [0.1, 0.15) is 0 Å². The molecule has 0 radical (unpaired) electrons. The molecule has 1 rings (SSSR count). The average molecular weight is 221 g/mol. The van der Waals surface area contributed by atoms with E-state index < -0.39 is 0 Å². The van der Waals surface area contributed by atoms with Crippen LogP contribution in [0.15, 0.2) is 30.3 Å². The second kappa shape index (κ2) is 6.66. The molecule has 90 valence electrons. The predicted octanol–water partition coefficient (Wildman–Crippen LogP) is 3.14. The molecule has 16 heavy (non-hydrogen) atoms. The van der Waals surface area contributed by atoms with Crippen molar-refractivity contribution >= 4 is 0 Å². The average Bonchev–Trinajstić information content (AvgIpc) is 2.28. The molecule has 0 fully saturated rings. The quantitative estimate of drug-likeness (QED) is 0.801. The molecule has 2 heteroatoms. The van der Waals surface area contributed by atoms with Crippen LogP contribution in [0, 0.1) is 5.92 Å². The van der Waals surface area contributed by atoms with Crippen molar-refractivity contribution in [2.45, 2.75) is 39.3 Å². The number of nitrogens with two attached hydrogens (primary N) is 1. The Morgan fingerprint density at radius 3 is 2.31 bits per heavy atom. The Hall–Kier alpha value is -0.860. The fourth-order valence-corrected chi connectivity index (χ4v) is 1.67. The zero-order valence-electron chi connectivity index (χ0n) is 10.5. The number of ether oxygens (including phenoxy) is 1. The summed E-state index contributed by atoms with van der Waals surface area (Å²) in [5, 5.41) is 0. The van der Waals surface area contributed by atoms with Gasteiger partial charge in [-0.1, -0.05) is 37.3 Å². The smallest absolute Gasteiger partial charge is 0.0518 e. The molecular weight excluding hydrogens is 198 g/mol. The number of hydrogen-bond acceptors (Lipinski definition) is 2. The molecule has 0 spiro atoms. The fourth-order valence-electron chi connectivity index (χ4n) is 1.67. The summed E-state index contributed by atoms with van der Waals surface area (Å²) in [5.41, 5.74) is 7.41. The van der Waals surface area contributed by atoms with Crippen molar-refractivity contribution in [2.75, 3.05) is 6.61 Å². The highest BCUT2D eigenvalue weighted by molar-refractivity contribution is 5.18. The minimum absolute atomic E-state index is 0.108. The third-order valence-electron chi connectivity index (χ3n) is 2.82. The van der Waals surface area contributed by atoms with E-state index in [2.05, 4.69) is 32.9 Å². The van der Waals surface area contributed by atoms with E-state index in [1.165, 1.54) is 5.56 Å². The molecule has 0 saturated heterocycles. The van der Waals surface area contributed by atoms with E-state index in [4.69, 9.17) is 10.5 Å². The molecule has 0 heterocycles. The first-order valence-corrected chi connectivity index (χ1v) is 6.03. The Kier molecular flexibility index (Phi) is 5.50. The van der Waals surface area contributed by atoms with E-state index in [1.807, 2.05) is 18.2 Å². The van der Waals surface area contributed by atoms with Crippen LogP contribution in [0.4, 0.5) is 0 Å². The second-order valence-electron chi connectivity index (χ2n) is 4.62. The number of benzene rings is 1. The fraction of sp³-hybridized carbons (Fsp3) is 0.571. The highest BCUT2D eigenvalue weighted by Gasteiger charge is 2.14. The van der Waals surface area contributed by atoms with E-state index in [9.17, 15) is 0 Å². The van der Waals surface area contributed by atoms with Crippen LogP contribution in [-0.4, -0.2) is 12.7 Å². The molecule has 2 N–H and O–H groups in total. The van der Waals surface area contributed by atoms with Crippen molar-refractivity contribution in [1.29, 1.82) is 0 Å². The summed E-state index contributed by atoms with van der Waals surface area (Å²) in [5.74, 6) is 0.446. The molecule has 0 aliphatic rings. The summed E-state index contributed by atoms with van der Waals surface area (Å²) in [7, 11) is 0. The Bertz CT molecular complexity index is 284. The second-order valence-corrected chi connectivity index (χ2v) is 4.62. The van der Waals surface area contributed by atoms with Crippen molar-refractivity contribution in [3.05, 3.63) is 35.9 Å². The maximum Gasteiger partial charge on any atom is 0.0518 e. The van der Waals surface area contributed by atoms with Crippen molar-refractivity contribution in [2.24, 2.45) is 11.7 Å². The molecule has 0 aliphatic heterocycles. The monoisotopic (exact) mass is 221 g/mol. The molecule has 1 aromatic carbocycles. The number of rotatable bonds is 6. The molecule has 0 aromatic heterocycles. The van der Waals surface area contributed by atoms with E-state index in [-0.39, 0.29) is 6.04 Å². The molecule has 2 nitrogen and oxygen atoms in total. The molecule has 2 atom stereocenters. The standard InChI is InChI=1S/C14H23NO/c1-11(2)16-10-9-12(3)14(15)13-7-5-4-6-8-13/h4-8,11-12,14H,9-10,15H2,1-3H3. The summed E-state index contributed by atoms with van der Waals surface area (Å²) in [4.78, 5) is 0. The van der Waals surface area contributed by atoms with Gasteiger partial charge in [0.2, 0.25) is 0 Å². The van der Waals surface area contributed by atoms with Crippen LogP contribution in [0.2, 0.25) is 0 Å². The third kappa shape index (κ3) is 4.33. The van der Waals surface area contributed by atoms with Crippen molar-refractivity contribution < 1.29 is 4.74 Å². The molecule has 0 saturated carbocycles. The van der Waals surface area contributed by atoms with E-state index >= 15 is 0 Å². The predicted molar refractivity (Wildman–Crippen MR) is 68.2 cm³/mol. The minimum Gasteiger partial charge on any atom is -0.379 e. The summed E-state index contributed by atoms with van der Waals surface area (Å²) in [6.45, 7) is 7.09. The molecular formula is C14H23NO.